The molecular formula is C13H25NO2. The van der Waals surface area contributed by atoms with Gasteiger partial charge in [-0.25, -0.2) is 0 Å². The van der Waals surface area contributed by atoms with E-state index in [2.05, 4.69) is 5.32 Å². The number of rotatable bonds is 3. The normalized spacial score (nSPS) is 20.5. The first kappa shape index (κ1) is 13.5. The highest BCUT2D eigenvalue weighted by Crippen LogP contribution is 2.24. The van der Waals surface area contributed by atoms with Crippen LogP contribution in [0.1, 0.15) is 52.9 Å². The number of hydrogen-bond acceptors (Lipinski definition) is 2. The monoisotopic (exact) mass is 227 g/mol. The highest BCUT2D eigenvalue weighted by atomic mass is 16.3. The summed E-state index contributed by atoms with van der Waals surface area (Å²) in [5.41, 5.74) is -0.167. The smallest absolute Gasteiger partial charge is 0.223 e. The van der Waals surface area contributed by atoms with Gasteiger partial charge in [0.25, 0.3) is 0 Å². The maximum absolute atomic E-state index is 11.8. The van der Waals surface area contributed by atoms with Crippen molar-refractivity contribution in [2.75, 3.05) is 6.54 Å². The zero-order valence-corrected chi connectivity index (χ0v) is 10.8. The molecule has 3 heteroatoms. The van der Waals surface area contributed by atoms with Gasteiger partial charge in [0.2, 0.25) is 5.91 Å². The summed E-state index contributed by atoms with van der Waals surface area (Å²) in [6.45, 7) is 6.30. The van der Waals surface area contributed by atoms with Crippen LogP contribution in [0.3, 0.4) is 0 Å². The number of carbonyl (C=O) groups is 1. The molecule has 0 bridgehead atoms. The van der Waals surface area contributed by atoms with E-state index >= 15 is 0 Å². The Morgan fingerprint density at radius 2 is 1.88 bits per heavy atom. The molecule has 94 valence electrons. The Hall–Kier alpha value is -0.570. The molecule has 1 fully saturated rings. The molecule has 2 N–H and O–H groups in total. The molecule has 1 saturated carbocycles. The molecule has 0 radical (unpaired) electrons. The minimum absolute atomic E-state index is 0.128. The predicted octanol–water partition coefficient (Wildman–Crippen LogP) is 2.09. The molecule has 3 nitrogen and oxygen atoms in total. The van der Waals surface area contributed by atoms with E-state index < -0.39 is 6.10 Å². The van der Waals surface area contributed by atoms with Crippen molar-refractivity contribution < 1.29 is 9.90 Å². The summed E-state index contributed by atoms with van der Waals surface area (Å²) in [4.78, 5) is 11.8. The van der Waals surface area contributed by atoms with Gasteiger partial charge in [-0.05, 0) is 18.3 Å². The van der Waals surface area contributed by atoms with Crippen molar-refractivity contribution in [1.29, 1.82) is 0 Å². The van der Waals surface area contributed by atoms with Crippen LogP contribution in [0.25, 0.3) is 0 Å². The van der Waals surface area contributed by atoms with Crippen LogP contribution in [0.2, 0.25) is 0 Å². The van der Waals surface area contributed by atoms with Crippen LogP contribution in [0, 0.1) is 11.3 Å². The van der Waals surface area contributed by atoms with E-state index in [1.54, 1.807) is 0 Å². The van der Waals surface area contributed by atoms with E-state index in [0.29, 0.717) is 6.54 Å². The van der Waals surface area contributed by atoms with Crippen molar-refractivity contribution >= 4 is 5.91 Å². The molecule has 0 aromatic rings. The third-order valence-electron chi connectivity index (χ3n) is 3.45. The fourth-order valence-electron chi connectivity index (χ4n) is 2.01. The van der Waals surface area contributed by atoms with Gasteiger partial charge in [-0.1, -0.05) is 40.0 Å². The van der Waals surface area contributed by atoms with Crippen LogP contribution < -0.4 is 5.32 Å². The van der Waals surface area contributed by atoms with E-state index in [0.717, 1.165) is 12.8 Å². The van der Waals surface area contributed by atoms with Crippen LogP contribution in [0.15, 0.2) is 0 Å². The lowest BCUT2D eigenvalue weighted by atomic mass is 9.87. The average Bonchev–Trinajstić information content (AvgIpc) is 2.25. The fraction of sp³-hybridized carbons (Fsp3) is 0.923. The number of hydrogen-bond donors (Lipinski definition) is 2. The Labute approximate surface area is 98.6 Å². The number of nitrogens with one attached hydrogen (secondary N) is 1. The van der Waals surface area contributed by atoms with E-state index in [9.17, 15) is 9.90 Å². The Bertz CT molecular complexity index is 227. The molecule has 1 atom stereocenters. The van der Waals surface area contributed by atoms with Gasteiger partial charge in [0.1, 0.15) is 0 Å². The largest absolute Gasteiger partial charge is 0.391 e. The SMILES string of the molecule is CC(C)(C)C(O)CNC(=O)C1CCCCC1. The first-order chi connectivity index (χ1) is 7.41. The Morgan fingerprint density at radius 1 is 1.31 bits per heavy atom. The highest BCUT2D eigenvalue weighted by molar-refractivity contribution is 5.78. The fourth-order valence-corrected chi connectivity index (χ4v) is 2.01. The van der Waals surface area contributed by atoms with Gasteiger partial charge in [0.05, 0.1) is 6.10 Å². The second-order valence-corrected chi connectivity index (χ2v) is 5.96. The molecular weight excluding hydrogens is 202 g/mol. The van der Waals surface area contributed by atoms with E-state index in [-0.39, 0.29) is 17.2 Å². The van der Waals surface area contributed by atoms with Crippen molar-refractivity contribution in [2.24, 2.45) is 11.3 Å². The molecule has 0 spiro atoms. The highest BCUT2D eigenvalue weighted by Gasteiger charge is 2.25. The molecule has 1 unspecified atom stereocenters. The quantitative estimate of drug-likeness (QED) is 0.775. The van der Waals surface area contributed by atoms with Gasteiger partial charge in [0.15, 0.2) is 0 Å². The Morgan fingerprint density at radius 3 is 2.38 bits per heavy atom. The summed E-state index contributed by atoms with van der Waals surface area (Å²) in [6, 6.07) is 0. The number of aliphatic hydroxyl groups excluding tert-OH is 1. The summed E-state index contributed by atoms with van der Waals surface area (Å²) in [5, 5.41) is 12.7. The molecule has 16 heavy (non-hydrogen) atoms. The van der Waals surface area contributed by atoms with Crippen LogP contribution in [-0.2, 0) is 4.79 Å². The predicted molar refractivity (Wildman–Crippen MR) is 65.0 cm³/mol. The van der Waals surface area contributed by atoms with Crippen molar-refractivity contribution in [3.63, 3.8) is 0 Å². The van der Waals surface area contributed by atoms with Crippen LogP contribution >= 0.6 is 0 Å². The third-order valence-corrected chi connectivity index (χ3v) is 3.45. The molecule has 1 amide bonds. The van der Waals surface area contributed by atoms with Crippen molar-refractivity contribution in [3.05, 3.63) is 0 Å². The summed E-state index contributed by atoms with van der Waals surface area (Å²) < 4.78 is 0. The summed E-state index contributed by atoms with van der Waals surface area (Å²) in [7, 11) is 0. The molecule has 0 aliphatic heterocycles. The molecule has 0 aromatic carbocycles. The number of carbonyl (C=O) groups excluding carboxylic acids is 1. The topological polar surface area (TPSA) is 49.3 Å². The van der Waals surface area contributed by atoms with Gasteiger partial charge in [-0.3, -0.25) is 4.79 Å². The lowest BCUT2D eigenvalue weighted by molar-refractivity contribution is -0.126. The minimum Gasteiger partial charge on any atom is -0.391 e. The number of amides is 1. The summed E-state index contributed by atoms with van der Waals surface area (Å²) in [5.74, 6) is 0.309. The summed E-state index contributed by atoms with van der Waals surface area (Å²) >= 11 is 0. The second-order valence-electron chi connectivity index (χ2n) is 5.96. The molecule has 0 saturated heterocycles. The molecule has 0 heterocycles. The van der Waals surface area contributed by atoms with Crippen molar-refractivity contribution in [2.45, 2.75) is 59.0 Å². The van der Waals surface area contributed by atoms with Gasteiger partial charge in [-0.2, -0.15) is 0 Å². The van der Waals surface area contributed by atoms with Crippen molar-refractivity contribution in [3.8, 4) is 0 Å². The van der Waals surface area contributed by atoms with Crippen LogP contribution in [0.5, 0.6) is 0 Å². The Balaban J connectivity index is 2.29. The summed E-state index contributed by atoms with van der Waals surface area (Å²) in [6.07, 6.45) is 5.14. The molecule has 1 aliphatic rings. The average molecular weight is 227 g/mol. The first-order valence-corrected chi connectivity index (χ1v) is 6.37. The van der Waals surface area contributed by atoms with E-state index in [1.807, 2.05) is 20.8 Å². The third kappa shape index (κ3) is 4.12. The van der Waals surface area contributed by atoms with Crippen molar-refractivity contribution in [1.82, 2.24) is 5.32 Å². The van der Waals surface area contributed by atoms with Gasteiger partial charge in [-0.15, -0.1) is 0 Å². The van der Waals surface area contributed by atoms with Gasteiger partial charge >= 0.3 is 0 Å². The van der Waals surface area contributed by atoms with Crippen LogP contribution in [-0.4, -0.2) is 23.7 Å². The van der Waals surface area contributed by atoms with Gasteiger partial charge < -0.3 is 10.4 Å². The van der Waals surface area contributed by atoms with E-state index in [1.165, 1.54) is 19.3 Å². The zero-order chi connectivity index (χ0) is 12.2. The first-order valence-electron chi connectivity index (χ1n) is 6.37. The second kappa shape index (κ2) is 5.67. The lowest BCUT2D eigenvalue weighted by Crippen LogP contribution is -2.41. The minimum atomic E-state index is -0.472. The maximum atomic E-state index is 11.8. The zero-order valence-electron chi connectivity index (χ0n) is 10.8. The lowest BCUT2D eigenvalue weighted by Gasteiger charge is -2.27. The van der Waals surface area contributed by atoms with Crippen LogP contribution in [0.4, 0.5) is 0 Å². The standard InChI is InChI=1S/C13H25NO2/c1-13(2,3)11(15)9-14-12(16)10-7-5-4-6-8-10/h10-11,15H,4-9H2,1-3H3,(H,14,16). The molecule has 0 aromatic heterocycles. The number of aliphatic hydroxyl groups is 1. The molecule has 1 aliphatic carbocycles. The van der Waals surface area contributed by atoms with E-state index in [4.69, 9.17) is 0 Å². The molecule has 1 rings (SSSR count). The Kier molecular flexibility index (Phi) is 4.78. The maximum Gasteiger partial charge on any atom is 0.223 e. The van der Waals surface area contributed by atoms with Gasteiger partial charge in [0, 0.05) is 12.5 Å².